The lowest BCUT2D eigenvalue weighted by Crippen LogP contribution is -2.01. The van der Waals surface area contributed by atoms with Crippen LogP contribution < -0.4 is 5.73 Å². The molecule has 96 valence electrons. The number of thiol groups is 1. The summed E-state index contributed by atoms with van der Waals surface area (Å²) >= 11 is 4.26. The number of rotatable bonds is 4. The maximum absolute atomic E-state index is 9.47. The van der Waals surface area contributed by atoms with E-state index in [1.807, 2.05) is 24.3 Å². The fourth-order valence-electron chi connectivity index (χ4n) is 2.30. The first-order valence-corrected chi connectivity index (χ1v) is 6.46. The van der Waals surface area contributed by atoms with Gasteiger partial charge in [0.2, 0.25) is 0 Å². The van der Waals surface area contributed by atoms with Crippen molar-refractivity contribution < 1.29 is 10.2 Å². The molecule has 0 saturated carbocycles. The van der Waals surface area contributed by atoms with Gasteiger partial charge in [0.05, 0.1) is 13.2 Å². The van der Waals surface area contributed by atoms with Gasteiger partial charge in [-0.2, -0.15) is 12.6 Å². The van der Waals surface area contributed by atoms with Crippen LogP contribution in [0.4, 0.5) is 0 Å². The van der Waals surface area contributed by atoms with Crippen LogP contribution in [0.15, 0.2) is 24.3 Å². The fraction of sp³-hybridized carbons (Fsp3) is 0.286. The molecule has 0 aromatic heterocycles. The largest absolute Gasteiger partial charge is 0.392 e. The molecule has 2 aromatic carbocycles. The lowest BCUT2D eigenvalue weighted by atomic mass is 9.95. The Morgan fingerprint density at radius 2 is 1.50 bits per heavy atom. The highest BCUT2D eigenvalue weighted by Crippen LogP contribution is 2.27. The molecular weight excluding hydrogens is 246 g/mol. The quantitative estimate of drug-likeness (QED) is 0.635. The molecule has 0 spiro atoms. The Balaban J connectivity index is 2.80. The van der Waals surface area contributed by atoms with E-state index in [2.05, 4.69) is 12.6 Å². The maximum Gasteiger partial charge on any atom is 0.0688 e. The fourth-order valence-corrected chi connectivity index (χ4v) is 2.48. The minimum atomic E-state index is -0.0580. The van der Waals surface area contributed by atoms with Crippen molar-refractivity contribution in [1.82, 2.24) is 0 Å². The van der Waals surface area contributed by atoms with Gasteiger partial charge >= 0.3 is 0 Å². The number of hydrogen-bond donors (Lipinski definition) is 4. The number of benzene rings is 2. The molecule has 0 unspecified atom stereocenters. The van der Waals surface area contributed by atoms with Crippen LogP contribution in [0.25, 0.3) is 10.8 Å². The topological polar surface area (TPSA) is 66.5 Å². The average molecular weight is 263 g/mol. The molecule has 0 heterocycles. The smallest absolute Gasteiger partial charge is 0.0688 e. The number of nitrogens with two attached hydrogens (primary N) is 1. The second-order valence-corrected chi connectivity index (χ2v) is 4.60. The van der Waals surface area contributed by atoms with Crippen molar-refractivity contribution >= 4 is 23.4 Å². The van der Waals surface area contributed by atoms with E-state index in [9.17, 15) is 10.2 Å². The normalized spacial score (nSPS) is 11.1. The van der Waals surface area contributed by atoms with Gasteiger partial charge in [-0.25, -0.2) is 0 Å². The molecule has 0 aliphatic heterocycles. The number of fused-ring (bicyclic) bond motifs is 1. The molecule has 18 heavy (non-hydrogen) atoms. The molecule has 2 rings (SSSR count). The predicted octanol–water partition coefficient (Wildman–Crippen LogP) is 1.71. The third-order valence-electron chi connectivity index (χ3n) is 3.09. The molecule has 0 atom stereocenters. The van der Waals surface area contributed by atoms with Gasteiger partial charge in [0.1, 0.15) is 0 Å². The Hall–Kier alpha value is -1.07. The van der Waals surface area contributed by atoms with Crippen molar-refractivity contribution in [3.05, 3.63) is 46.5 Å². The van der Waals surface area contributed by atoms with Gasteiger partial charge in [-0.3, -0.25) is 0 Å². The molecule has 4 heteroatoms. The van der Waals surface area contributed by atoms with Crippen molar-refractivity contribution in [2.75, 3.05) is 0 Å². The van der Waals surface area contributed by atoms with Crippen LogP contribution in [0.2, 0.25) is 0 Å². The first-order chi connectivity index (χ1) is 8.73. The minimum Gasteiger partial charge on any atom is -0.392 e. The van der Waals surface area contributed by atoms with Gasteiger partial charge in [-0.1, -0.05) is 18.2 Å². The van der Waals surface area contributed by atoms with Crippen molar-refractivity contribution in [2.24, 2.45) is 5.73 Å². The standard InChI is InChI=1S/C14H17NO2S/c15-5-9-1-11-3-10(8-18)4-13(7-17)14(11)12(2-9)6-16/h1-4,16-18H,5-8,15H2. The first-order valence-electron chi connectivity index (χ1n) is 5.83. The molecule has 4 N–H and O–H groups in total. The van der Waals surface area contributed by atoms with Gasteiger partial charge < -0.3 is 15.9 Å². The Morgan fingerprint density at radius 1 is 0.944 bits per heavy atom. The van der Waals surface area contributed by atoms with Crippen LogP contribution in [0.3, 0.4) is 0 Å². The van der Waals surface area contributed by atoms with E-state index in [0.29, 0.717) is 12.3 Å². The first kappa shape index (κ1) is 13.4. The summed E-state index contributed by atoms with van der Waals surface area (Å²) < 4.78 is 0. The molecule has 0 radical (unpaired) electrons. The Kier molecular flexibility index (Phi) is 4.24. The van der Waals surface area contributed by atoms with Crippen molar-refractivity contribution in [3.8, 4) is 0 Å². The summed E-state index contributed by atoms with van der Waals surface area (Å²) in [7, 11) is 0. The number of aliphatic hydroxyl groups excluding tert-OH is 2. The van der Waals surface area contributed by atoms with E-state index in [0.717, 1.165) is 33.0 Å². The molecule has 3 nitrogen and oxygen atoms in total. The summed E-state index contributed by atoms with van der Waals surface area (Å²) in [4.78, 5) is 0. The highest BCUT2D eigenvalue weighted by Gasteiger charge is 2.09. The maximum atomic E-state index is 9.47. The molecule has 0 aliphatic carbocycles. The van der Waals surface area contributed by atoms with E-state index >= 15 is 0 Å². The zero-order valence-electron chi connectivity index (χ0n) is 10.1. The van der Waals surface area contributed by atoms with E-state index in [-0.39, 0.29) is 13.2 Å². The number of aliphatic hydroxyl groups is 2. The predicted molar refractivity (Wildman–Crippen MR) is 76.4 cm³/mol. The van der Waals surface area contributed by atoms with Crippen LogP contribution in [-0.4, -0.2) is 10.2 Å². The highest BCUT2D eigenvalue weighted by atomic mass is 32.1. The van der Waals surface area contributed by atoms with Crippen LogP contribution in [0.1, 0.15) is 22.3 Å². The lowest BCUT2D eigenvalue weighted by Gasteiger charge is -2.13. The van der Waals surface area contributed by atoms with Gasteiger partial charge in [-0.05, 0) is 39.1 Å². The summed E-state index contributed by atoms with van der Waals surface area (Å²) in [6.45, 7) is 0.327. The Labute approximate surface area is 112 Å². The van der Waals surface area contributed by atoms with Gasteiger partial charge in [0, 0.05) is 12.3 Å². The Bertz CT molecular complexity index is 522. The zero-order valence-corrected chi connectivity index (χ0v) is 11.0. The molecule has 2 aromatic rings. The van der Waals surface area contributed by atoms with Crippen LogP contribution in [0.5, 0.6) is 0 Å². The van der Waals surface area contributed by atoms with E-state index < -0.39 is 0 Å². The monoisotopic (exact) mass is 263 g/mol. The van der Waals surface area contributed by atoms with E-state index in [1.54, 1.807) is 0 Å². The molecule has 0 saturated heterocycles. The summed E-state index contributed by atoms with van der Waals surface area (Å²) in [6.07, 6.45) is 0. The van der Waals surface area contributed by atoms with E-state index in [1.165, 1.54) is 0 Å². The molecule has 0 bridgehead atoms. The summed E-state index contributed by atoms with van der Waals surface area (Å²) in [5, 5.41) is 20.9. The third kappa shape index (κ3) is 2.37. The minimum absolute atomic E-state index is 0.0485. The second kappa shape index (κ2) is 5.71. The van der Waals surface area contributed by atoms with Crippen molar-refractivity contribution in [1.29, 1.82) is 0 Å². The number of hydrogen-bond acceptors (Lipinski definition) is 4. The van der Waals surface area contributed by atoms with Crippen LogP contribution >= 0.6 is 12.6 Å². The van der Waals surface area contributed by atoms with Crippen molar-refractivity contribution in [3.63, 3.8) is 0 Å². The van der Waals surface area contributed by atoms with Crippen LogP contribution in [-0.2, 0) is 25.5 Å². The highest BCUT2D eigenvalue weighted by molar-refractivity contribution is 7.79. The average Bonchev–Trinajstić information content (AvgIpc) is 2.44. The third-order valence-corrected chi connectivity index (χ3v) is 3.46. The van der Waals surface area contributed by atoms with E-state index in [4.69, 9.17) is 5.73 Å². The molecular formula is C14H17NO2S. The van der Waals surface area contributed by atoms with Gasteiger partial charge in [0.15, 0.2) is 0 Å². The molecule has 0 fully saturated rings. The summed E-state index contributed by atoms with van der Waals surface area (Å²) in [6, 6.07) is 7.85. The summed E-state index contributed by atoms with van der Waals surface area (Å²) in [5.41, 5.74) is 9.32. The van der Waals surface area contributed by atoms with Crippen LogP contribution in [0, 0.1) is 0 Å². The van der Waals surface area contributed by atoms with Crippen molar-refractivity contribution in [2.45, 2.75) is 25.5 Å². The SMILES string of the molecule is NCc1cc(CO)c2c(CO)cc(CS)cc2c1. The van der Waals surface area contributed by atoms with Gasteiger partial charge in [-0.15, -0.1) is 0 Å². The Morgan fingerprint density at radius 3 is 2.00 bits per heavy atom. The van der Waals surface area contributed by atoms with Gasteiger partial charge in [0.25, 0.3) is 0 Å². The second-order valence-electron chi connectivity index (χ2n) is 4.29. The summed E-state index contributed by atoms with van der Waals surface area (Å²) in [5.74, 6) is 0.615. The molecule has 0 aliphatic rings. The molecule has 0 amide bonds. The lowest BCUT2D eigenvalue weighted by molar-refractivity contribution is 0.278. The zero-order chi connectivity index (χ0) is 13.1.